The Hall–Kier alpha value is -3.85. The Morgan fingerprint density at radius 2 is 1.94 bits per heavy atom. The maximum absolute atomic E-state index is 12.6. The highest BCUT2D eigenvalue weighted by atomic mass is 32.1. The van der Waals surface area contributed by atoms with Crippen molar-refractivity contribution >= 4 is 54.1 Å². The minimum absolute atomic E-state index is 0.0871. The van der Waals surface area contributed by atoms with Crippen molar-refractivity contribution in [3.8, 4) is 0 Å². The number of hydrogen-bond acceptors (Lipinski definition) is 7. The van der Waals surface area contributed by atoms with E-state index in [9.17, 15) is 9.59 Å². The molecule has 0 bridgehead atoms. The number of pyridine rings is 3. The first-order chi connectivity index (χ1) is 17.2. The number of thiazole rings is 1. The first-order valence-corrected chi connectivity index (χ1v) is 12.6. The Morgan fingerprint density at radius 3 is 2.77 bits per heavy atom. The molecule has 5 aromatic rings. The number of fused-ring (bicyclic) bond motifs is 6. The van der Waals surface area contributed by atoms with Crippen molar-refractivity contribution < 1.29 is 4.79 Å². The first kappa shape index (κ1) is 21.7. The van der Waals surface area contributed by atoms with Gasteiger partial charge in [-0.3, -0.25) is 19.6 Å². The van der Waals surface area contributed by atoms with E-state index in [4.69, 9.17) is 4.98 Å². The van der Waals surface area contributed by atoms with Crippen LogP contribution in [0.25, 0.3) is 31.8 Å². The molecule has 6 rings (SSSR count). The molecule has 35 heavy (non-hydrogen) atoms. The number of nitrogens with zero attached hydrogens (tertiary/aromatic N) is 4. The van der Waals surface area contributed by atoms with Gasteiger partial charge in [0.2, 0.25) is 5.91 Å². The number of anilines is 1. The van der Waals surface area contributed by atoms with Gasteiger partial charge in [0.15, 0.2) is 5.13 Å². The molecule has 1 aliphatic heterocycles. The topological polar surface area (TPSA) is 104 Å². The zero-order chi connectivity index (χ0) is 23.8. The van der Waals surface area contributed by atoms with Gasteiger partial charge in [0.25, 0.3) is 5.56 Å². The fourth-order valence-electron chi connectivity index (χ4n) is 4.86. The van der Waals surface area contributed by atoms with Crippen LogP contribution in [0.3, 0.4) is 0 Å². The average Bonchev–Trinajstić information content (AvgIpc) is 3.35. The lowest BCUT2D eigenvalue weighted by atomic mass is 10.0. The number of rotatable bonds is 5. The van der Waals surface area contributed by atoms with Gasteiger partial charge < -0.3 is 15.2 Å². The lowest BCUT2D eigenvalue weighted by Crippen LogP contribution is -2.44. The number of nitrogens with one attached hydrogen (secondary N) is 2. The van der Waals surface area contributed by atoms with Crippen molar-refractivity contribution in [3.63, 3.8) is 0 Å². The van der Waals surface area contributed by atoms with Gasteiger partial charge >= 0.3 is 0 Å². The molecule has 4 aromatic heterocycles. The molecule has 5 heterocycles. The van der Waals surface area contributed by atoms with Crippen LogP contribution in [0.4, 0.5) is 5.13 Å². The van der Waals surface area contributed by atoms with Gasteiger partial charge in [-0.25, -0.2) is 4.98 Å². The maximum atomic E-state index is 12.6. The van der Waals surface area contributed by atoms with Crippen LogP contribution in [-0.2, 0) is 11.2 Å². The summed E-state index contributed by atoms with van der Waals surface area (Å²) in [5, 5.41) is 7.47. The summed E-state index contributed by atoms with van der Waals surface area (Å²) in [7, 11) is 0. The van der Waals surface area contributed by atoms with Crippen molar-refractivity contribution in [1.29, 1.82) is 0 Å². The molecule has 1 fully saturated rings. The molecule has 0 unspecified atom stereocenters. The molecule has 0 atom stereocenters. The summed E-state index contributed by atoms with van der Waals surface area (Å²) in [6.45, 7) is 1.65. The van der Waals surface area contributed by atoms with E-state index in [1.807, 2.05) is 30.5 Å². The molecule has 8 nitrogen and oxygen atoms in total. The molecular formula is C26H24N6O2S. The Kier molecular flexibility index (Phi) is 5.61. The average molecular weight is 485 g/mol. The summed E-state index contributed by atoms with van der Waals surface area (Å²) in [5.74, 6) is 0.0871. The van der Waals surface area contributed by atoms with Gasteiger partial charge in [-0.05, 0) is 43.0 Å². The zero-order valence-corrected chi connectivity index (χ0v) is 19.8. The molecule has 2 N–H and O–H groups in total. The number of benzene rings is 1. The van der Waals surface area contributed by atoms with E-state index in [2.05, 4.69) is 25.2 Å². The second-order valence-corrected chi connectivity index (χ2v) is 9.86. The summed E-state index contributed by atoms with van der Waals surface area (Å²) in [5.41, 5.74) is 1.87. The standard InChI is InChI=1S/C26H24N6O2S/c33-21(4-3-16-2-1-9-27-14-16)30-17-7-12-32(13-8-17)26-31-23-18-5-10-28-15-20(18)22-19(24(23)35-26)6-11-29-25(22)34/h1-2,5-6,9-11,14-15,17H,3-4,7-8,12-13H2,(H,29,34)(H,30,33). The third kappa shape index (κ3) is 4.12. The third-order valence-corrected chi connectivity index (χ3v) is 7.81. The van der Waals surface area contributed by atoms with Crippen molar-refractivity contribution in [2.75, 3.05) is 18.0 Å². The van der Waals surface area contributed by atoms with Crippen LogP contribution in [0.5, 0.6) is 0 Å². The Labute approximate surface area is 205 Å². The number of aromatic nitrogens is 4. The lowest BCUT2D eigenvalue weighted by Gasteiger charge is -2.32. The van der Waals surface area contributed by atoms with Gasteiger partial charge in [-0.15, -0.1) is 0 Å². The summed E-state index contributed by atoms with van der Waals surface area (Å²) in [6, 6.07) is 7.94. The van der Waals surface area contributed by atoms with Crippen LogP contribution in [0.1, 0.15) is 24.8 Å². The monoisotopic (exact) mass is 484 g/mol. The molecule has 176 valence electrons. The fraction of sp³-hybridized carbons (Fsp3) is 0.269. The smallest absolute Gasteiger partial charge is 0.256 e. The molecule has 0 spiro atoms. The van der Waals surface area contributed by atoms with E-state index in [0.29, 0.717) is 18.2 Å². The van der Waals surface area contributed by atoms with Crippen molar-refractivity contribution in [1.82, 2.24) is 25.3 Å². The Morgan fingerprint density at radius 1 is 1.09 bits per heavy atom. The first-order valence-electron chi connectivity index (χ1n) is 11.8. The molecule has 0 saturated carbocycles. The normalized spacial score (nSPS) is 14.7. The number of carbonyl (C=O) groups excluding carboxylic acids is 1. The number of piperidine rings is 1. The molecule has 1 aromatic carbocycles. The van der Waals surface area contributed by atoms with E-state index in [1.54, 1.807) is 36.1 Å². The summed E-state index contributed by atoms with van der Waals surface area (Å²) < 4.78 is 1.02. The molecule has 9 heteroatoms. The SMILES string of the molecule is O=C(CCc1cccnc1)NC1CCN(c2nc3c4ccncc4c4c(=O)[nH]ccc4c3s2)CC1. The van der Waals surface area contributed by atoms with Gasteiger partial charge in [-0.1, -0.05) is 17.4 Å². The molecular weight excluding hydrogens is 460 g/mol. The second-order valence-electron chi connectivity index (χ2n) is 8.88. The van der Waals surface area contributed by atoms with Crippen molar-refractivity contribution in [2.45, 2.75) is 31.7 Å². The lowest BCUT2D eigenvalue weighted by molar-refractivity contribution is -0.121. The number of carbonyl (C=O) groups is 1. The van der Waals surface area contributed by atoms with E-state index >= 15 is 0 Å². The van der Waals surface area contributed by atoms with Crippen LogP contribution in [0.2, 0.25) is 0 Å². The summed E-state index contributed by atoms with van der Waals surface area (Å²) in [6.07, 6.45) is 11.6. The van der Waals surface area contributed by atoms with Gasteiger partial charge in [0, 0.05) is 72.7 Å². The Bertz CT molecular complexity index is 1590. The van der Waals surface area contributed by atoms with Gasteiger partial charge in [-0.2, -0.15) is 0 Å². The number of H-pyrrole nitrogens is 1. The quantitative estimate of drug-likeness (QED) is 0.368. The van der Waals surface area contributed by atoms with Crippen LogP contribution in [0.15, 0.2) is 60.0 Å². The Balaban J connectivity index is 1.19. The van der Waals surface area contributed by atoms with Crippen molar-refractivity contribution in [2.24, 2.45) is 0 Å². The molecule has 1 amide bonds. The van der Waals surface area contributed by atoms with E-state index in [-0.39, 0.29) is 17.5 Å². The minimum Gasteiger partial charge on any atom is -0.353 e. The maximum Gasteiger partial charge on any atom is 0.256 e. The van der Waals surface area contributed by atoms with Gasteiger partial charge in [0.05, 0.1) is 15.6 Å². The van der Waals surface area contributed by atoms with E-state index in [1.165, 1.54) is 0 Å². The number of amides is 1. The second kappa shape index (κ2) is 9.07. The van der Waals surface area contributed by atoms with Crippen LogP contribution in [-0.4, -0.2) is 45.0 Å². The number of hydrogen-bond donors (Lipinski definition) is 2. The van der Waals surface area contributed by atoms with E-state index in [0.717, 1.165) is 63.0 Å². The zero-order valence-electron chi connectivity index (χ0n) is 19.0. The molecule has 1 saturated heterocycles. The van der Waals surface area contributed by atoms with Crippen LogP contribution < -0.4 is 15.8 Å². The van der Waals surface area contributed by atoms with Gasteiger partial charge in [0.1, 0.15) is 0 Å². The fourth-order valence-corrected chi connectivity index (χ4v) is 6.03. The molecule has 1 aliphatic rings. The summed E-state index contributed by atoms with van der Waals surface area (Å²) in [4.78, 5) is 43.5. The highest BCUT2D eigenvalue weighted by molar-refractivity contribution is 7.23. The summed E-state index contributed by atoms with van der Waals surface area (Å²) >= 11 is 1.63. The highest BCUT2D eigenvalue weighted by Crippen LogP contribution is 2.39. The highest BCUT2D eigenvalue weighted by Gasteiger charge is 2.24. The number of aromatic amines is 1. The predicted octanol–water partition coefficient (Wildman–Crippen LogP) is 3.80. The molecule has 0 aliphatic carbocycles. The minimum atomic E-state index is -0.113. The molecule has 0 radical (unpaired) electrons. The third-order valence-electron chi connectivity index (χ3n) is 6.66. The largest absolute Gasteiger partial charge is 0.353 e. The van der Waals surface area contributed by atoms with Crippen LogP contribution >= 0.6 is 11.3 Å². The predicted molar refractivity (Wildman–Crippen MR) is 139 cm³/mol. The van der Waals surface area contributed by atoms with Crippen LogP contribution in [0, 0.1) is 0 Å². The van der Waals surface area contributed by atoms with Crippen molar-refractivity contribution in [3.05, 3.63) is 71.2 Å². The van der Waals surface area contributed by atoms with E-state index < -0.39 is 0 Å². The number of aryl methyl sites for hydroxylation is 1.